The molecule has 3 aromatic rings. The van der Waals surface area contributed by atoms with Gasteiger partial charge < -0.3 is 23.9 Å². The Morgan fingerprint density at radius 3 is 2.57 bits per heavy atom. The predicted molar refractivity (Wildman–Crippen MR) is 232 cm³/mol. The normalized spacial score (nSPS) is 31.5. The number of aromatic nitrogens is 2. The number of carbonyl (C=O) groups excluding carboxylic acids is 3. The van der Waals surface area contributed by atoms with Crippen LogP contribution in [-0.2, 0) is 42.6 Å². The summed E-state index contributed by atoms with van der Waals surface area (Å²) >= 11 is 0. The fraction of sp³-hybridized carbons (Fsp3) is 0.627. The van der Waals surface area contributed by atoms with E-state index in [2.05, 4.69) is 40.7 Å². The van der Waals surface area contributed by atoms with Gasteiger partial charge in [0.25, 0.3) is 5.56 Å². The lowest BCUT2D eigenvalue weighted by atomic mass is 9.47. The standard InChI is InChI=1S/C51H64N2O8/c1-7-51(58)41-26-43-46-32(27-53(43)47(56)37(41)28-59-48(51)57)23-31-24-34(12-16-42(31)52-46)60-44(54)17-18-45(55)61-35-19-21-49(5)33(25-35)11-13-36-39-15-14-38(30(4)10-8-9-29(2)3)50(39,6)22-20-40(36)49/h11-12,16,23-24,26,29-30,35-36,38-40,58H,7-10,13-15,17-22,25,27-28H2,1-6H3/t30-,35+,36+,38-,39+,40+,49+,50-,51+/m1/s1. The van der Waals surface area contributed by atoms with Crippen LogP contribution in [0, 0.1) is 46.3 Å². The number of benzene rings is 1. The number of ether oxygens (including phenoxy) is 3. The zero-order valence-corrected chi connectivity index (χ0v) is 37.0. The minimum atomic E-state index is -1.89. The molecule has 4 heterocycles. The molecule has 9 rings (SSSR count). The first-order valence-electron chi connectivity index (χ1n) is 23.3. The number of allylic oxidation sites excluding steroid dienone is 1. The molecule has 10 heteroatoms. The number of esters is 3. The van der Waals surface area contributed by atoms with Crippen LogP contribution in [0.3, 0.4) is 0 Å². The zero-order chi connectivity index (χ0) is 43.0. The Morgan fingerprint density at radius 1 is 0.984 bits per heavy atom. The van der Waals surface area contributed by atoms with Crippen LogP contribution in [-0.4, -0.2) is 38.7 Å². The third kappa shape index (κ3) is 7.16. The molecular weight excluding hydrogens is 769 g/mol. The average Bonchev–Trinajstić information content (AvgIpc) is 3.78. The number of carbonyl (C=O) groups is 3. The number of aliphatic hydroxyl groups is 1. The molecule has 9 atom stereocenters. The number of fused-ring (bicyclic) bond motifs is 10. The van der Waals surface area contributed by atoms with Crippen LogP contribution in [0.5, 0.6) is 5.75 Å². The molecule has 10 nitrogen and oxygen atoms in total. The molecule has 6 aliphatic rings. The summed E-state index contributed by atoms with van der Waals surface area (Å²) in [6.45, 7) is 14.1. The molecule has 3 fully saturated rings. The lowest BCUT2D eigenvalue weighted by molar-refractivity contribution is -0.172. The van der Waals surface area contributed by atoms with Crippen LogP contribution in [0.2, 0.25) is 0 Å². The van der Waals surface area contributed by atoms with Crippen LogP contribution < -0.4 is 10.3 Å². The van der Waals surface area contributed by atoms with Gasteiger partial charge in [-0.15, -0.1) is 0 Å². The summed E-state index contributed by atoms with van der Waals surface area (Å²) in [5, 5.41) is 11.9. The minimum Gasteiger partial charge on any atom is -0.462 e. The fourth-order valence-corrected chi connectivity index (χ4v) is 13.4. The molecule has 0 radical (unpaired) electrons. The van der Waals surface area contributed by atoms with E-state index in [0.29, 0.717) is 34.0 Å². The SMILES string of the molecule is CC[C@@]1(O)C(=O)OCc2c1cc1n(c2=O)Cc2cc3cc(OC(=O)CCC(=O)O[C@H]4CC[C@@]5(C)C(=CC[C@H]6[C@@H]7CC[C@H]([C@H](C)CCCC(C)C)[C@@]7(C)CC[C@@H]65)C4)ccc3nc2-1. The Bertz CT molecular complexity index is 2360. The third-order valence-electron chi connectivity index (χ3n) is 16.8. The highest BCUT2D eigenvalue weighted by Gasteiger charge is 2.59. The van der Waals surface area contributed by atoms with E-state index in [1.807, 2.05) is 6.07 Å². The number of cyclic esters (lactones) is 1. The van der Waals surface area contributed by atoms with Crippen molar-refractivity contribution < 1.29 is 33.7 Å². The highest BCUT2D eigenvalue weighted by molar-refractivity contribution is 5.87. The highest BCUT2D eigenvalue weighted by Crippen LogP contribution is 2.67. The second-order valence-electron chi connectivity index (χ2n) is 20.6. The van der Waals surface area contributed by atoms with Gasteiger partial charge in [0.15, 0.2) is 5.60 Å². The largest absolute Gasteiger partial charge is 0.462 e. The van der Waals surface area contributed by atoms with E-state index < -0.39 is 17.5 Å². The van der Waals surface area contributed by atoms with Crippen molar-refractivity contribution in [2.75, 3.05) is 0 Å². The van der Waals surface area contributed by atoms with Crippen LogP contribution >= 0.6 is 0 Å². The number of hydrogen-bond donors (Lipinski definition) is 1. The van der Waals surface area contributed by atoms with Gasteiger partial charge in [-0.1, -0.05) is 72.5 Å². The molecule has 0 spiro atoms. The van der Waals surface area contributed by atoms with Crippen molar-refractivity contribution in [1.29, 1.82) is 0 Å². The Balaban J connectivity index is 0.790. The summed E-state index contributed by atoms with van der Waals surface area (Å²) in [6.07, 6.45) is 15.7. The van der Waals surface area contributed by atoms with Gasteiger partial charge in [-0.2, -0.15) is 0 Å². The average molecular weight is 833 g/mol. The summed E-state index contributed by atoms with van der Waals surface area (Å²) in [6, 6.07) is 8.73. The fourth-order valence-electron chi connectivity index (χ4n) is 13.4. The number of pyridine rings is 2. The van der Waals surface area contributed by atoms with Gasteiger partial charge in [0.2, 0.25) is 0 Å². The van der Waals surface area contributed by atoms with E-state index >= 15 is 0 Å². The maximum atomic E-state index is 13.5. The Hall–Kier alpha value is -4.31. The smallest absolute Gasteiger partial charge is 0.343 e. The molecule has 2 aromatic heterocycles. The van der Waals surface area contributed by atoms with Crippen molar-refractivity contribution in [3.63, 3.8) is 0 Å². The minimum absolute atomic E-state index is 0.0445. The van der Waals surface area contributed by atoms with E-state index in [0.717, 1.165) is 66.2 Å². The second-order valence-corrected chi connectivity index (χ2v) is 20.6. The topological polar surface area (TPSA) is 134 Å². The first-order chi connectivity index (χ1) is 29.1. The summed E-state index contributed by atoms with van der Waals surface area (Å²) in [5.41, 5.74) is 2.98. The van der Waals surface area contributed by atoms with Gasteiger partial charge in [-0.05, 0) is 128 Å². The maximum absolute atomic E-state index is 13.5. The molecule has 3 saturated carbocycles. The summed E-state index contributed by atoms with van der Waals surface area (Å²) < 4.78 is 18.5. The predicted octanol–water partition coefficient (Wildman–Crippen LogP) is 9.72. The molecule has 4 aliphatic carbocycles. The first-order valence-corrected chi connectivity index (χ1v) is 23.3. The molecule has 1 N–H and O–H groups in total. The van der Waals surface area contributed by atoms with Crippen molar-refractivity contribution in [2.45, 2.75) is 156 Å². The molecule has 1 aromatic carbocycles. The Morgan fingerprint density at radius 2 is 1.79 bits per heavy atom. The monoisotopic (exact) mass is 832 g/mol. The molecule has 326 valence electrons. The van der Waals surface area contributed by atoms with E-state index in [1.54, 1.807) is 35.8 Å². The summed E-state index contributed by atoms with van der Waals surface area (Å²) in [4.78, 5) is 57.0. The van der Waals surface area contributed by atoms with Gasteiger partial charge >= 0.3 is 17.9 Å². The van der Waals surface area contributed by atoms with Gasteiger partial charge in [0, 0.05) is 22.9 Å². The molecule has 2 aliphatic heterocycles. The molecule has 61 heavy (non-hydrogen) atoms. The molecule has 0 amide bonds. The Labute approximate surface area is 359 Å². The number of hydrogen-bond acceptors (Lipinski definition) is 9. The van der Waals surface area contributed by atoms with E-state index in [4.69, 9.17) is 19.2 Å². The Kier molecular flexibility index (Phi) is 10.9. The lowest BCUT2D eigenvalue weighted by Gasteiger charge is -2.58. The first kappa shape index (κ1) is 42.0. The quantitative estimate of drug-likeness (QED) is 0.0891. The molecule has 0 bridgehead atoms. The maximum Gasteiger partial charge on any atom is 0.343 e. The van der Waals surface area contributed by atoms with Crippen molar-refractivity contribution in [3.05, 3.63) is 69.0 Å². The van der Waals surface area contributed by atoms with Gasteiger partial charge in [0.05, 0.1) is 41.9 Å². The number of rotatable bonds is 11. The van der Waals surface area contributed by atoms with Gasteiger partial charge in [-0.3, -0.25) is 14.4 Å². The molecular formula is C51H64N2O8. The van der Waals surface area contributed by atoms with E-state index in [9.17, 15) is 24.3 Å². The van der Waals surface area contributed by atoms with E-state index in [1.165, 1.54) is 50.5 Å². The van der Waals surface area contributed by atoms with Crippen LogP contribution in [0.1, 0.15) is 148 Å². The van der Waals surface area contributed by atoms with Crippen LogP contribution in [0.15, 0.2) is 46.8 Å². The number of nitrogens with zero attached hydrogens (tertiary/aromatic N) is 2. The summed E-state index contributed by atoms with van der Waals surface area (Å²) in [7, 11) is 0. The summed E-state index contributed by atoms with van der Waals surface area (Å²) in [5.74, 6) is 3.41. The molecule has 0 unspecified atom stereocenters. The van der Waals surface area contributed by atoms with Crippen LogP contribution in [0.25, 0.3) is 22.3 Å². The van der Waals surface area contributed by atoms with E-state index in [-0.39, 0.29) is 66.6 Å². The third-order valence-corrected chi connectivity index (χ3v) is 16.8. The highest BCUT2D eigenvalue weighted by atomic mass is 16.6. The lowest BCUT2D eigenvalue weighted by Crippen LogP contribution is -2.51. The van der Waals surface area contributed by atoms with Gasteiger partial charge in [0.1, 0.15) is 18.5 Å². The van der Waals surface area contributed by atoms with Gasteiger partial charge in [-0.25, -0.2) is 9.78 Å². The van der Waals surface area contributed by atoms with Crippen molar-refractivity contribution in [3.8, 4) is 17.1 Å². The van der Waals surface area contributed by atoms with Crippen molar-refractivity contribution >= 4 is 28.8 Å². The van der Waals surface area contributed by atoms with Crippen LogP contribution in [0.4, 0.5) is 0 Å². The second kappa shape index (κ2) is 15.8. The molecule has 0 saturated heterocycles. The zero-order valence-electron chi connectivity index (χ0n) is 37.0. The van der Waals surface area contributed by atoms with Crippen molar-refractivity contribution in [2.24, 2.45) is 46.3 Å². The van der Waals surface area contributed by atoms with Crippen molar-refractivity contribution in [1.82, 2.24) is 9.55 Å².